The van der Waals surface area contributed by atoms with Crippen LogP contribution in [0.4, 0.5) is 0 Å². The van der Waals surface area contributed by atoms with E-state index in [1.54, 1.807) is 0 Å². The average Bonchev–Trinajstić information content (AvgIpc) is 2.17. The minimum absolute atomic E-state index is 0. The molecule has 16 heavy (non-hydrogen) atoms. The number of amidine groups is 1. The highest BCUT2D eigenvalue weighted by Crippen LogP contribution is 2.19. The average molecular weight is 322 g/mol. The van der Waals surface area contributed by atoms with Gasteiger partial charge in [-0.1, -0.05) is 45.9 Å². The third kappa shape index (κ3) is 5.58. The van der Waals surface area contributed by atoms with E-state index >= 15 is 0 Å². The molecule has 0 atom stereocenters. The Kier molecular flexibility index (Phi) is 7.55. The van der Waals surface area contributed by atoms with Crippen molar-refractivity contribution in [2.75, 3.05) is 5.75 Å². The first-order chi connectivity index (χ1) is 7.09. The maximum Gasteiger partial charge on any atom is 0.151 e. The van der Waals surface area contributed by atoms with Gasteiger partial charge in [-0.3, -0.25) is 5.41 Å². The second-order valence-electron chi connectivity index (χ2n) is 3.07. The van der Waals surface area contributed by atoms with Gasteiger partial charge in [-0.05, 0) is 30.2 Å². The molecule has 0 spiro atoms. The lowest BCUT2D eigenvalue weighted by Gasteiger charge is -2.02. The molecule has 0 bridgehead atoms. The van der Waals surface area contributed by atoms with Crippen LogP contribution in [0.15, 0.2) is 34.8 Å². The summed E-state index contributed by atoms with van der Waals surface area (Å²) in [5, 5.41) is 7.24. The van der Waals surface area contributed by atoms with Crippen LogP contribution in [-0.2, 0) is 0 Å². The van der Waals surface area contributed by atoms with E-state index in [9.17, 15) is 0 Å². The van der Waals surface area contributed by atoms with Crippen molar-refractivity contribution in [3.63, 3.8) is 0 Å². The van der Waals surface area contributed by atoms with Crippen molar-refractivity contribution in [1.29, 1.82) is 5.41 Å². The molecule has 0 saturated carbocycles. The van der Waals surface area contributed by atoms with E-state index < -0.39 is 0 Å². The maximum atomic E-state index is 7.08. The third-order valence-corrected chi connectivity index (χ3v) is 3.05. The van der Waals surface area contributed by atoms with E-state index in [1.807, 2.05) is 12.1 Å². The zero-order valence-corrected chi connectivity index (χ0v) is 12.1. The monoisotopic (exact) mass is 320 g/mol. The molecule has 0 aromatic heterocycles. The summed E-state index contributed by atoms with van der Waals surface area (Å²) in [6, 6.07) is 8.15. The van der Waals surface area contributed by atoms with Crippen LogP contribution in [0.5, 0.6) is 0 Å². The zero-order valence-electron chi connectivity index (χ0n) is 8.87. The summed E-state index contributed by atoms with van der Waals surface area (Å²) in [6.45, 7) is 2.06. The number of thioether (sulfide) groups is 1. The van der Waals surface area contributed by atoms with Crippen molar-refractivity contribution >= 4 is 50.8 Å². The second kappa shape index (κ2) is 7.76. The fourth-order valence-corrected chi connectivity index (χ4v) is 2.02. The minimum Gasteiger partial charge on any atom is -0.379 e. The summed E-state index contributed by atoms with van der Waals surface area (Å²) < 4.78 is 1.08. The van der Waals surface area contributed by atoms with Gasteiger partial charge in [0.05, 0.1) is 0 Å². The van der Waals surface area contributed by atoms with Gasteiger partial charge in [0.2, 0.25) is 0 Å². The van der Waals surface area contributed by atoms with E-state index in [4.69, 9.17) is 11.1 Å². The molecule has 0 heterocycles. The van der Waals surface area contributed by atoms with Crippen molar-refractivity contribution in [2.24, 2.45) is 5.73 Å². The quantitative estimate of drug-likeness (QED) is 0.655. The van der Waals surface area contributed by atoms with Gasteiger partial charge in [-0.2, -0.15) is 0 Å². The van der Waals surface area contributed by atoms with Gasteiger partial charge in [-0.25, -0.2) is 0 Å². The molecule has 88 valence electrons. The standard InChI is InChI=1S/C11H13BrN2S.ClH/c1-8(5-6-15-11(13)14)9-3-2-4-10(12)7-9;/h2-5,7H,6H2,1H3,(H3,13,14);1H/b8-5-;. The lowest BCUT2D eigenvalue weighted by molar-refractivity contribution is 1.50. The molecule has 3 N–H and O–H groups in total. The first kappa shape index (κ1) is 15.6. The smallest absolute Gasteiger partial charge is 0.151 e. The molecule has 0 amide bonds. The number of allylic oxidation sites excluding steroid dienone is 1. The predicted octanol–water partition coefficient (Wildman–Crippen LogP) is 3.90. The SMILES string of the molecule is C/C(=C/CSC(=N)N)c1cccc(Br)c1.Cl. The van der Waals surface area contributed by atoms with E-state index in [0.717, 1.165) is 10.2 Å². The molecule has 0 unspecified atom stereocenters. The molecule has 2 nitrogen and oxygen atoms in total. The van der Waals surface area contributed by atoms with Crippen LogP contribution in [-0.4, -0.2) is 10.9 Å². The van der Waals surface area contributed by atoms with Crippen LogP contribution >= 0.6 is 40.1 Å². The largest absolute Gasteiger partial charge is 0.379 e. The fourth-order valence-electron chi connectivity index (χ4n) is 1.11. The summed E-state index contributed by atoms with van der Waals surface area (Å²) in [4.78, 5) is 0. The molecule has 0 saturated heterocycles. The Bertz CT molecular complexity index is 393. The highest BCUT2D eigenvalue weighted by molar-refractivity contribution is 9.10. The normalized spacial score (nSPS) is 10.8. The number of benzene rings is 1. The summed E-state index contributed by atoms with van der Waals surface area (Å²) in [7, 11) is 0. The van der Waals surface area contributed by atoms with E-state index in [-0.39, 0.29) is 17.6 Å². The Balaban J connectivity index is 0.00000225. The van der Waals surface area contributed by atoms with Crippen LogP contribution in [0.25, 0.3) is 5.57 Å². The maximum absolute atomic E-state index is 7.08. The Hall–Kier alpha value is -0.450. The van der Waals surface area contributed by atoms with Gasteiger partial charge in [0.15, 0.2) is 5.17 Å². The minimum atomic E-state index is 0. The lowest BCUT2D eigenvalue weighted by atomic mass is 10.1. The highest BCUT2D eigenvalue weighted by Gasteiger charge is 1.96. The molecular formula is C11H14BrClN2S. The number of halogens is 2. The van der Waals surface area contributed by atoms with Crippen molar-refractivity contribution in [3.8, 4) is 0 Å². The first-order valence-corrected chi connectivity index (χ1v) is 6.27. The predicted molar refractivity (Wildman–Crippen MR) is 79.4 cm³/mol. The topological polar surface area (TPSA) is 49.9 Å². The van der Waals surface area contributed by atoms with Crippen LogP contribution in [0.3, 0.4) is 0 Å². The molecule has 0 aliphatic heterocycles. The summed E-state index contributed by atoms with van der Waals surface area (Å²) in [5.74, 6) is 0.744. The van der Waals surface area contributed by atoms with Crippen LogP contribution in [0, 0.1) is 5.41 Å². The van der Waals surface area contributed by atoms with Crippen molar-refractivity contribution in [2.45, 2.75) is 6.92 Å². The van der Waals surface area contributed by atoms with Gasteiger partial charge in [0, 0.05) is 10.2 Å². The molecule has 1 aromatic carbocycles. The summed E-state index contributed by atoms with van der Waals surface area (Å²) >= 11 is 4.77. The Morgan fingerprint density at radius 1 is 1.56 bits per heavy atom. The number of nitrogens with one attached hydrogen (secondary N) is 1. The molecule has 0 fully saturated rings. The number of hydrogen-bond acceptors (Lipinski definition) is 2. The lowest BCUT2D eigenvalue weighted by Crippen LogP contribution is -2.03. The Morgan fingerprint density at radius 3 is 2.81 bits per heavy atom. The summed E-state index contributed by atoms with van der Waals surface area (Å²) in [5.41, 5.74) is 7.64. The molecule has 0 aliphatic carbocycles. The number of hydrogen-bond donors (Lipinski definition) is 2. The van der Waals surface area contributed by atoms with Crippen LogP contribution in [0.2, 0.25) is 0 Å². The van der Waals surface area contributed by atoms with Crippen molar-refractivity contribution < 1.29 is 0 Å². The fraction of sp³-hybridized carbons (Fsp3) is 0.182. The van der Waals surface area contributed by atoms with E-state index in [1.165, 1.54) is 22.9 Å². The molecule has 0 radical (unpaired) electrons. The van der Waals surface area contributed by atoms with Crippen LogP contribution in [0.1, 0.15) is 12.5 Å². The number of rotatable bonds is 3. The van der Waals surface area contributed by atoms with E-state index in [0.29, 0.717) is 0 Å². The second-order valence-corrected chi connectivity index (χ2v) is 5.05. The van der Waals surface area contributed by atoms with Gasteiger partial charge in [0.25, 0.3) is 0 Å². The molecular weight excluding hydrogens is 308 g/mol. The molecule has 1 aromatic rings. The van der Waals surface area contributed by atoms with Gasteiger partial charge in [-0.15, -0.1) is 12.4 Å². The van der Waals surface area contributed by atoms with Crippen molar-refractivity contribution in [3.05, 3.63) is 40.4 Å². The van der Waals surface area contributed by atoms with Gasteiger partial charge < -0.3 is 5.73 Å². The van der Waals surface area contributed by atoms with E-state index in [2.05, 4.69) is 41.1 Å². The summed E-state index contributed by atoms with van der Waals surface area (Å²) in [6.07, 6.45) is 2.08. The van der Waals surface area contributed by atoms with Crippen LogP contribution < -0.4 is 5.73 Å². The highest BCUT2D eigenvalue weighted by atomic mass is 79.9. The first-order valence-electron chi connectivity index (χ1n) is 4.49. The Morgan fingerprint density at radius 2 is 2.25 bits per heavy atom. The molecule has 1 rings (SSSR count). The third-order valence-electron chi connectivity index (χ3n) is 1.91. The number of nitrogens with two attached hydrogens (primary N) is 1. The molecule has 5 heteroatoms. The Labute approximate surface area is 115 Å². The van der Waals surface area contributed by atoms with Gasteiger partial charge in [0.1, 0.15) is 0 Å². The zero-order chi connectivity index (χ0) is 11.3. The van der Waals surface area contributed by atoms with Gasteiger partial charge >= 0.3 is 0 Å². The van der Waals surface area contributed by atoms with Crippen molar-refractivity contribution in [1.82, 2.24) is 0 Å². The molecule has 0 aliphatic rings.